The summed E-state index contributed by atoms with van der Waals surface area (Å²) in [5, 5.41) is 0. The van der Waals surface area contributed by atoms with E-state index in [9.17, 15) is 9.59 Å². The highest BCUT2D eigenvalue weighted by Gasteiger charge is 2.53. The zero-order valence-corrected chi connectivity index (χ0v) is 30.3. The third-order valence-corrected chi connectivity index (χ3v) is 16.0. The minimum atomic E-state index is -1.07. The summed E-state index contributed by atoms with van der Waals surface area (Å²) in [7, 11) is 0. The van der Waals surface area contributed by atoms with E-state index in [-0.39, 0.29) is 24.1 Å². The lowest BCUT2D eigenvalue weighted by Crippen LogP contribution is -2.39. The van der Waals surface area contributed by atoms with Crippen LogP contribution in [-0.2, 0) is 19.1 Å². The molecule has 7 saturated carbocycles. The van der Waals surface area contributed by atoms with Gasteiger partial charge in [0.1, 0.15) is 24.6 Å². The summed E-state index contributed by atoms with van der Waals surface area (Å²) in [6.07, 6.45) is 17.6. The van der Waals surface area contributed by atoms with Crippen LogP contribution in [0.15, 0.2) is 0 Å². The molecule has 7 aliphatic rings. The van der Waals surface area contributed by atoms with Gasteiger partial charge < -0.3 is 9.47 Å². The van der Waals surface area contributed by atoms with Gasteiger partial charge in [-0.2, -0.15) is 0 Å². The van der Waals surface area contributed by atoms with Crippen molar-refractivity contribution >= 4 is 11.9 Å². The van der Waals surface area contributed by atoms with Crippen LogP contribution in [0, 0.1) is 76.9 Å². The average Bonchev–Trinajstić information content (AvgIpc) is 3.35. The largest absolute Gasteiger partial charge is 0.462 e. The Balaban J connectivity index is 0.863. The van der Waals surface area contributed by atoms with E-state index in [0.717, 1.165) is 63.2 Å². The van der Waals surface area contributed by atoms with Gasteiger partial charge in [-0.05, 0) is 168 Å². The zero-order chi connectivity index (χ0) is 33.5. The topological polar surface area (TPSA) is 52.6 Å². The first-order chi connectivity index (χ1) is 23.1. The van der Waals surface area contributed by atoms with Crippen molar-refractivity contribution in [2.24, 2.45) is 76.9 Å². The molecule has 0 bridgehead atoms. The van der Waals surface area contributed by atoms with E-state index >= 15 is 8.78 Å². The lowest BCUT2D eigenvalue weighted by molar-refractivity contribution is -0.163. The van der Waals surface area contributed by atoms with Crippen molar-refractivity contribution in [2.75, 3.05) is 0 Å². The fourth-order valence-corrected chi connectivity index (χ4v) is 12.9. The van der Waals surface area contributed by atoms with Gasteiger partial charge in [0.15, 0.2) is 0 Å². The highest BCUT2D eigenvalue weighted by Crippen LogP contribution is 2.58. The molecule has 0 aromatic rings. The Morgan fingerprint density at radius 2 is 0.812 bits per heavy atom. The first kappa shape index (κ1) is 35.2. The van der Waals surface area contributed by atoms with Crippen molar-refractivity contribution in [2.45, 2.75) is 174 Å². The summed E-state index contributed by atoms with van der Waals surface area (Å²) in [4.78, 5) is 26.6. The zero-order valence-electron chi connectivity index (χ0n) is 30.3. The Labute approximate surface area is 290 Å². The van der Waals surface area contributed by atoms with Crippen molar-refractivity contribution < 1.29 is 27.8 Å². The molecule has 272 valence electrons. The number of carbonyl (C=O) groups is 2. The van der Waals surface area contributed by atoms with Gasteiger partial charge in [-0.3, -0.25) is 9.59 Å². The highest BCUT2D eigenvalue weighted by atomic mass is 19.1. The van der Waals surface area contributed by atoms with Gasteiger partial charge in [0.05, 0.1) is 11.8 Å². The van der Waals surface area contributed by atoms with Crippen LogP contribution >= 0.6 is 0 Å². The van der Waals surface area contributed by atoms with Gasteiger partial charge in [-0.1, -0.05) is 46.5 Å². The molecule has 7 aliphatic carbocycles. The summed E-state index contributed by atoms with van der Waals surface area (Å²) in [5.74, 6) is 4.73. The molecule has 0 amide bonds. The van der Waals surface area contributed by atoms with Gasteiger partial charge in [-0.15, -0.1) is 0 Å². The fourth-order valence-electron chi connectivity index (χ4n) is 12.9. The first-order valence-electron chi connectivity index (χ1n) is 20.8. The Kier molecular flexibility index (Phi) is 11.1. The van der Waals surface area contributed by atoms with Crippen LogP contribution < -0.4 is 0 Å². The summed E-state index contributed by atoms with van der Waals surface area (Å²) in [6, 6.07) is 0. The quantitative estimate of drug-likeness (QED) is 0.264. The molecular weight excluding hydrogens is 606 g/mol. The molecule has 4 nitrogen and oxygen atoms in total. The second kappa shape index (κ2) is 15.2. The number of hydrogen-bond donors (Lipinski definition) is 0. The summed E-state index contributed by atoms with van der Waals surface area (Å²) < 4.78 is 43.1. The number of carbonyl (C=O) groups excluding carboxylic acids is 2. The molecule has 0 aromatic carbocycles. The molecule has 13 atom stereocenters. The fraction of sp³-hybridized carbons (Fsp3) is 0.952. The second-order valence-corrected chi connectivity index (χ2v) is 18.7. The van der Waals surface area contributed by atoms with E-state index in [0.29, 0.717) is 78.9 Å². The molecule has 0 N–H and O–H groups in total. The molecule has 7 fully saturated rings. The molecule has 0 radical (unpaired) electrons. The maximum atomic E-state index is 15.4. The molecule has 12 unspecified atom stereocenters. The predicted molar refractivity (Wildman–Crippen MR) is 184 cm³/mol. The Hall–Kier alpha value is -1.20. The molecular formula is C42H66F2O4. The van der Waals surface area contributed by atoms with Crippen LogP contribution in [0.3, 0.4) is 0 Å². The number of rotatable bonds is 6. The Morgan fingerprint density at radius 1 is 0.438 bits per heavy atom. The van der Waals surface area contributed by atoms with Gasteiger partial charge in [0, 0.05) is 0 Å². The lowest BCUT2D eigenvalue weighted by Gasteiger charge is -2.40. The van der Waals surface area contributed by atoms with Gasteiger partial charge >= 0.3 is 11.9 Å². The number of alkyl halides is 2. The van der Waals surface area contributed by atoms with Crippen molar-refractivity contribution in [3.05, 3.63) is 0 Å². The molecule has 48 heavy (non-hydrogen) atoms. The van der Waals surface area contributed by atoms with Crippen LogP contribution in [0.2, 0.25) is 0 Å². The SMILES string of the molecule is CC1CCC(C2CCC(C(=O)OC3CCC4C(C3)C(C)C3C[C@@H](OC(=O)C5CCC(C6CCC(C)CC6)CC5F)CCC34)C(F)C2)CC1. The molecule has 0 spiro atoms. The third-order valence-electron chi connectivity index (χ3n) is 16.0. The molecule has 0 aromatic heterocycles. The monoisotopic (exact) mass is 672 g/mol. The second-order valence-electron chi connectivity index (χ2n) is 18.7. The molecule has 7 rings (SSSR count). The maximum Gasteiger partial charge on any atom is 0.312 e. The van der Waals surface area contributed by atoms with Crippen molar-refractivity contribution in [3.8, 4) is 0 Å². The van der Waals surface area contributed by atoms with E-state index in [1.54, 1.807) is 0 Å². The number of hydrogen-bond acceptors (Lipinski definition) is 4. The molecule has 0 heterocycles. The van der Waals surface area contributed by atoms with Crippen molar-refractivity contribution in [1.29, 1.82) is 0 Å². The third kappa shape index (κ3) is 7.54. The minimum absolute atomic E-state index is 0.103. The minimum Gasteiger partial charge on any atom is -0.462 e. The number of ether oxygens (including phenoxy) is 2. The number of halogens is 2. The van der Waals surface area contributed by atoms with Gasteiger partial charge in [-0.25, -0.2) is 8.78 Å². The van der Waals surface area contributed by atoms with Crippen LogP contribution in [0.25, 0.3) is 0 Å². The highest BCUT2D eigenvalue weighted by molar-refractivity contribution is 5.74. The summed E-state index contributed by atoms with van der Waals surface area (Å²) in [6.45, 7) is 7.01. The van der Waals surface area contributed by atoms with Crippen LogP contribution in [0.5, 0.6) is 0 Å². The van der Waals surface area contributed by atoms with Crippen LogP contribution in [0.1, 0.15) is 149 Å². The molecule has 0 aliphatic heterocycles. The maximum absolute atomic E-state index is 15.4. The van der Waals surface area contributed by atoms with Crippen molar-refractivity contribution in [1.82, 2.24) is 0 Å². The van der Waals surface area contributed by atoms with E-state index in [4.69, 9.17) is 9.47 Å². The van der Waals surface area contributed by atoms with E-state index in [2.05, 4.69) is 20.8 Å². The predicted octanol–water partition coefficient (Wildman–Crippen LogP) is 10.5. The molecule has 6 heteroatoms. The smallest absolute Gasteiger partial charge is 0.312 e. The normalized spacial score (nSPS) is 49.7. The van der Waals surface area contributed by atoms with Gasteiger partial charge in [0.25, 0.3) is 0 Å². The van der Waals surface area contributed by atoms with Gasteiger partial charge in [0.2, 0.25) is 0 Å². The van der Waals surface area contributed by atoms with Crippen LogP contribution in [0.4, 0.5) is 8.78 Å². The van der Waals surface area contributed by atoms with Crippen molar-refractivity contribution in [3.63, 3.8) is 0 Å². The summed E-state index contributed by atoms with van der Waals surface area (Å²) in [5.41, 5.74) is 0. The average molecular weight is 673 g/mol. The van der Waals surface area contributed by atoms with E-state index in [1.807, 2.05) is 0 Å². The molecule has 0 saturated heterocycles. The van der Waals surface area contributed by atoms with E-state index < -0.39 is 24.2 Å². The Bertz CT molecular complexity index is 1010. The standard InChI is InChI=1S/C42H66F2O4/c1-24-4-8-27(9-5-24)29-12-16-35(39(43)20-29)41(45)47-31-14-18-33-34-19-15-32(23-38(34)26(3)37(33)22-31)48-42(46)36-17-13-30(21-40(36)44)28-10-6-25(2)7-11-28/h24-40H,4-23H2,1-3H3/t24?,25?,26?,27?,28?,29?,30?,31-,32?,33?,34?,35?,36?,37?,38?,39?,40?/m0/s1. The number of esters is 2. The number of fused-ring (bicyclic) bond motifs is 3. The van der Waals surface area contributed by atoms with E-state index in [1.165, 1.54) is 51.4 Å². The first-order valence-corrected chi connectivity index (χ1v) is 20.8. The lowest BCUT2D eigenvalue weighted by atomic mass is 9.69. The Morgan fingerprint density at radius 3 is 1.19 bits per heavy atom. The van der Waals surface area contributed by atoms with Crippen LogP contribution in [-0.4, -0.2) is 36.5 Å². The summed E-state index contributed by atoms with van der Waals surface area (Å²) >= 11 is 0.